The van der Waals surface area contributed by atoms with Crippen LogP contribution >= 0.6 is 0 Å². The zero-order chi connectivity index (χ0) is 24.1. The average molecular weight is 465 g/mol. The molecular weight excluding hydrogens is 435 g/mol. The number of carbonyl (C=O) groups excluding carboxylic acids is 2. The minimum atomic E-state index is -0.411. The van der Waals surface area contributed by atoms with E-state index in [1.54, 1.807) is 31.3 Å². The van der Waals surface area contributed by atoms with Gasteiger partial charge < -0.3 is 26.0 Å². The van der Waals surface area contributed by atoms with E-state index in [2.05, 4.69) is 10.6 Å². The lowest BCUT2D eigenvalue weighted by molar-refractivity contribution is -0.105. The van der Waals surface area contributed by atoms with Gasteiger partial charge in [0, 0.05) is 53.8 Å². The van der Waals surface area contributed by atoms with Crippen LogP contribution in [0.15, 0.2) is 59.9 Å². The van der Waals surface area contributed by atoms with Crippen molar-refractivity contribution in [3.63, 3.8) is 0 Å². The first-order chi connectivity index (χ1) is 16.4. The van der Waals surface area contributed by atoms with Crippen LogP contribution in [-0.4, -0.2) is 43.5 Å². The number of rotatable bonds is 7. The highest BCUT2D eigenvalue weighted by atomic mass is 19.1. The fourth-order valence-corrected chi connectivity index (χ4v) is 4.41. The van der Waals surface area contributed by atoms with Crippen LogP contribution in [-0.2, 0) is 9.53 Å². The second-order valence-corrected chi connectivity index (χ2v) is 8.92. The van der Waals surface area contributed by atoms with Gasteiger partial charge in [-0.1, -0.05) is 0 Å². The number of hydrogen-bond acceptors (Lipinski definition) is 5. The molecule has 8 heteroatoms. The quantitative estimate of drug-likeness (QED) is 0.426. The predicted molar refractivity (Wildman–Crippen MR) is 130 cm³/mol. The summed E-state index contributed by atoms with van der Waals surface area (Å²) in [4.78, 5) is 25.6. The van der Waals surface area contributed by atoms with Gasteiger partial charge in [0.05, 0.1) is 12.3 Å². The van der Waals surface area contributed by atoms with E-state index in [-0.39, 0.29) is 11.3 Å². The van der Waals surface area contributed by atoms with E-state index < -0.39 is 5.82 Å². The number of halogens is 1. The molecule has 2 aliphatic heterocycles. The minimum Gasteiger partial charge on any atom is -0.397 e. The van der Waals surface area contributed by atoms with Gasteiger partial charge >= 0.3 is 0 Å². The van der Waals surface area contributed by atoms with Crippen molar-refractivity contribution in [2.45, 2.75) is 19.8 Å². The molecule has 34 heavy (non-hydrogen) atoms. The van der Waals surface area contributed by atoms with Gasteiger partial charge in [-0.25, -0.2) is 4.39 Å². The summed E-state index contributed by atoms with van der Waals surface area (Å²) in [6, 6.07) is 11.4. The molecule has 1 unspecified atom stereocenters. The second-order valence-electron chi connectivity index (χ2n) is 8.92. The topological polar surface area (TPSA) is 96.7 Å². The van der Waals surface area contributed by atoms with E-state index in [0.29, 0.717) is 34.5 Å². The number of anilines is 2. The molecule has 2 saturated heterocycles. The Morgan fingerprint density at radius 1 is 1.18 bits per heavy atom. The van der Waals surface area contributed by atoms with Crippen molar-refractivity contribution in [1.29, 1.82) is 0 Å². The van der Waals surface area contributed by atoms with E-state index in [1.807, 2.05) is 17.0 Å². The van der Waals surface area contributed by atoms with E-state index in [4.69, 9.17) is 10.5 Å². The summed E-state index contributed by atoms with van der Waals surface area (Å²) in [7, 11) is 0. The molecular formula is C26H29FN4O3. The van der Waals surface area contributed by atoms with Crippen LogP contribution < -0.4 is 16.4 Å². The van der Waals surface area contributed by atoms with Gasteiger partial charge in [-0.3, -0.25) is 9.59 Å². The van der Waals surface area contributed by atoms with E-state index in [0.717, 1.165) is 44.8 Å². The number of carbonyl (C=O) groups is 2. The Morgan fingerprint density at radius 2 is 1.97 bits per heavy atom. The Morgan fingerprint density at radius 3 is 2.68 bits per heavy atom. The average Bonchev–Trinajstić information content (AvgIpc) is 3.48. The maximum atomic E-state index is 13.6. The molecule has 4 N–H and O–H groups in total. The number of nitrogens with zero attached hydrogens (tertiary/aromatic N) is 1. The zero-order valence-electron chi connectivity index (χ0n) is 19.1. The Balaban J connectivity index is 1.39. The molecule has 0 saturated carbocycles. The molecule has 2 fully saturated rings. The molecule has 2 amide bonds. The number of amides is 2. The lowest BCUT2D eigenvalue weighted by atomic mass is 9.87. The lowest BCUT2D eigenvalue weighted by Crippen LogP contribution is -2.32. The molecule has 2 aromatic rings. The van der Waals surface area contributed by atoms with Crippen molar-refractivity contribution in [2.24, 2.45) is 11.1 Å². The van der Waals surface area contributed by atoms with Gasteiger partial charge in [-0.2, -0.15) is 0 Å². The largest absolute Gasteiger partial charge is 0.397 e. The monoisotopic (exact) mass is 464 g/mol. The number of ether oxygens (including phenoxy) is 1. The van der Waals surface area contributed by atoms with Crippen LogP contribution in [0.3, 0.4) is 0 Å². The summed E-state index contributed by atoms with van der Waals surface area (Å²) >= 11 is 0. The summed E-state index contributed by atoms with van der Waals surface area (Å²) in [6.45, 7) is 4.85. The summed E-state index contributed by atoms with van der Waals surface area (Å²) in [6.07, 6.45) is 5.90. The van der Waals surface area contributed by atoms with Crippen LogP contribution in [0.25, 0.3) is 6.08 Å². The summed E-state index contributed by atoms with van der Waals surface area (Å²) in [5.41, 5.74) is 9.87. The molecule has 2 heterocycles. The van der Waals surface area contributed by atoms with Gasteiger partial charge in [0.2, 0.25) is 6.41 Å². The van der Waals surface area contributed by atoms with Gasteiger partial charge in [0.1, 0.15) is 5.82 Å². The van der Waals surface area contributed by atoms with Gasteiger partial charge in [-0.05, 0) is 73.9 Å². The summed E-state index contributed by atoms with van der Waals surface area (Å²) < 4.78 is 19.2. The summed E-state index contributed by atoms with van der Waals surface area (Å²) in [5, 5.41) is 5.67. The fourth-order valence-electron chi connectivity index (χ4n) is 4.41. The highest BCUT2D eigenvalue weighted by Crippen LogP contribution is 2.38. The molecule has 0 bridgehead atoms. The molecule has 178 valence electrons. The predicted octanol–water partition coefficient (Wildman–Crippen LogP) is 3.96. The van der Waals surface area contributed by atoms with Crippen molar-refractivity contribution in [1.82, 2.24) is 4.90 Å². The Hall–Kier alpha value is -3.65. The van der Waals surface area contributed by atoms with Crippen molar-refractivity contribution in [2.75, 3.05) is 36.9 Å². The smallest absolute Gasteiger partial charge is 0.253 e. The number of allylic oxidation sites excluding steroid dienone is 1. The number of nitrogens with two attached hydrogens (primary N) is 1. The highest BCUT2D eigenvalue weighted by Gasteiger charge is 2.42. The number of nitrogens with one attached hydrogen (secondary N) is 2. The third-order valence-corrected chi connectivity index (χ3v) is 6.49. The van der Waals surface area contributed by atoms with Gasteiger partial charge in [0.15, 0.2) is 0 Å². The van der Waals surface area contributed by atoms with Crippen LogP contribution in [0, 0.1) is 11.2 Å². The van der Waals surface area contributed by atoms with Crippen LogP contribution in [0.1, 0.15) is 35.7 Å². The Kier molecular flexibility index (Phi) is 6.98. The molecule has 2 aromatic carbocycles. The van der Waals surface area contributed by atoms with Crippen molar-refractivity contribution in [3.8, 4) is 0 Å². The van der Waals surface area contributed by atoms with Crippen molar-refractivity contribution in [3.05, 3.63) is 76.9 Å². The third kappa shape index (κ3) is 5.28. The highest BCUT2D eigenvalue weighted by molar-refractivity contribution is 5.94. The van der Waals surface area contributed by atoms with E-state index >= 15 is 0 Å². The molecule has 1 atom stereocenters. The number of hydrogen-bond donors (Lipinski definition) is 3. The van der Waals surface area contributed by atoms with Crippen molar-refractivity contribution < 1.29 is 18.7 Å². The maximum absolute atomic E-state index is 13.6. The normalized spacial score (nSPS) is 20.6. The first kappa shape index (κ1) is 23.5. The van der Waals surface area contributed by atoms with Crippen LogP contribution in [0.2, 0.25) is 0 Å². The first-order valence-corrected chi connectivity index (χ1v) is 11.3. The maximum Gasteiger partial charge on any atom is 0.253 e. The van der Waals surface area contributed by atoms with Gasteiger partial charge in [0.25, 0.3) is 5.91 Å². The molecule has 0 aromatic heterocycles. The molecule has 1 spiro atoms. The Labute approximate surface area is 198 Å². The number of benzene rings is 2. The van der Waals surface area contributed by atoms with Gasteiger partial charge in [-0.15, -0.1) is 0 Å². The molecule has 0 aliphatic carbocycles. The van der Waals surface area contributed by atoms with E-state index in [9.17, 15) is 14.0 Å². The standard InChI is InChI=1S/C26H29FN4O3/c1-18(12-20-13-21(27)4-7-24(20)30-17-32)23(28)14-29-22-5-2-19(3-6-22)25(33)31-10-8-26(15-31)9-11-34-16-26/h2-7,12-14,17,29H,8-11,15-16,28H2,1H3,(H,30,32)/b18-12+,23-14-. The number of likely N-dealkylation sites (tertiary alicyclic amines) is 1. The van der Waals surface area contributed by atoms with E-state index in [1.165, 1.54) is 18.2 Å². The Bertz CT molecular complexity index is 1120. The lowest BCUT2D eigenvalue weighted by Gasteiger charge is -2.22. The fraction of sp³-hybridized carbons (Fsp3) is 0.308. The molecule has 2 aliphatic rings. The second kappa shape index (κ2) is 10.1. The summed E-state index contributed by atoms with van der Waals surface area (Å²) in [5.74, 6) is -0.370. The van der Waals surface area contributed by atoms with Crippen LogP contribution in [0.4, 0.5) is 15.8 Å². The SMILES string of the molecule is CC(=C\c1cc(F)ccc1NC=O)/C(N)=C/Nc1ccc(C(=O)N2CCC3(CCOC3)C2)cc1. The van der Waals surface area contributed by atoms with Crippen LogP contribution in [0.5, 0.6) is 0 Å². The molecule has 4 rings (SSSR count). The minimum absolute atomic E-state index is 0.0407. The van der Waals surface area contributed by atoms with Crippen molar-refractivity contribution >= 4 is 29.8 Å². The first-order valence-electron chi connectivity index (χ1n) is 11.3. The molecule has 7 nitrogen and oxygen atoms in total. The zero-order valence-corrected chi connectivity index (χ0v) is 19.1. The third-order valence-electron chi connectivity index (χ3n) is 6.49. The molecule has 0 radical (unpaired) electrons.